The lowest BCUT2D eigenvalue weighted by atomic mass is 10.1. The van der Waals surface area contributed by atoms with E-state index in [4.69, 9.17) is 11.6 Å². The molecular weight excluding hydrogens is 489 g/mol. The molecule has 5 rings (SSSR count). The first-order chi connectivity index (χ1) is 17.4. The number of H-pyrrole nitrogens is 2. The fourth-order valence-electron chi connectivity index (χ4n) is 3.72. The van der Waals surface area contributed by atoms with E-state index in [2.05, 4.69) is 30.3 Å². The van der Waals surface area contributed by atoms with Crippen molar-refractivity contribution in [3.8, 4) is 11.4 Å². The molecule has 0 unspecified atom stereocenters. The van der Waals surface area contributed by atoms with Crippen LogP contribution < -0.4 is 16.4 Å². The van der Waals surface area contributed by atoms with Crippen molar-refractivity contribution in [2.24, 2.45) is 0 Å². The van der Waals surface area contributed by atoms with Crippen LogP contribution in [0.1, 0.15) is 16.1 Å². The van der Waals surface area contributed by atoms with Crippen molar-refractivity contribution >= 4 is 45.7 Å². The lowest BCUT2D eigenvalue weighted by Gasteiger charge is -2.09. The van der Waals surface area contributed by atoms with Crippen LogP contribution in [-0.4, -0.2) is 26.9 Å². The topological polar surface area (TPSA) is 133 Å². The van der Waals surface area contributed by atoms with Crippen LogP contribution in [0.5, 0.6) is 0 Å². The van der Waals surface area contributed by atoms with E-state index in [0.717, 1.165) is 0 Å². The SMILES string of the molecule is O=C(Cc1ccc(F)cc1)Nc1cccc2cc(C(=O)Nc3ccc(Cl)cc3-c3noc(=O)[nH]3)[nH]c12. The Bertz CT molecular complexity index is 1660. The van der Waals surface area contributed by atoms with Gasteiger partial charge in [0.25, 0.3) is 5.91 Å². The molecule has 0 saturated carbocycles. The summed E-state index contributed by atoms with van der Waals surface area (Å²) in [5.74, 6) is -1.76. The highest BCUT2D eigenvalue weighted by molar-refractivity contribution is 6.31. The van der Waals surface area contributed by atoms with E-state index >= 15 is 0 Å². The number of hydrogen-bond acceptors (Lipinski definition) is 5. The van der Waals surface area contributed by atoms with Crippen LogP contribution in [0, 0.1) is 5.82 Å². The van der Waals surface area contributed by atoms with Crippen LogP contribution in [0.15, 0.2) is 76.0 Å². The molecule has 0 atom stereocenters. The lowest BCUT2D eigenvalue weighted by Crippen LogP contribution is -2.15. The van der Waals surface area contributed by atoms with Gasteiger partial charge in [0.1, 0.15) is 11.5 Å². The third kappa shape index (κ3) is 4.89. The van der Waals surface area contributed by atoms with Gasteiger partial charge < -0.3 is 15.6 Å². The molecule has 0 bridgehead atoms. The van der Waals surface area contributed by atoms with E-state index < -0.39 is 11.7 Å². The monoisotopic (exact) mass is 505 g/mol. The molecule has 0 fully saturated rings. The number of aromatic nitrogens is 3. The van der Waals surface area contributed by atoms with Gasteiger partial charge in [0.2, 0.25) is 5.91 Å². The van der Waals surface area contributed by atoms with Gasteiger partial charge in [0, 0.05) is 16.0 Å². The van der Waals surface area contributed by atoms with E-state index in [1.165, 1.54) is 18.2 Å². The summed E-state index contributed by atoms with van der Waals surface area (Å²) in [6.45, 7) is 0. The maximum absolute atomic E-state index is 13.1. The third-order valence-electron chi connectivity index (χ3n) is 5.38. The standard InChI is InChI=1S/C25H17ClFN5O4/c26-15-6-9-18(17(12-15)23-31-25(35)36-32-23)30-24(34)20-11-14-2-1-3-19(22(14)29-20)28-21(33)10-13-4-7-16(27)8-5-13/h1-9,11-12,29H,10H2,(H,28,33)(H,30,34)(H,31,32,35). The average molecular weight is 506 g/mol. The Morgan fingerprint density at radius 2 is 1.78 bits per heavy atom. The number of carbonyl (C=O) groups is 2. The van der Waals surface area contributed by atoms with Crippen molar-refractivity contribution in [3.05, 3.63) is 99.4 Å². The summed E-state index contributed by atoms with van der Waals surface area (Å²) < 4.78 is 17.7. The highest BCUT2D eigenvalue weighted by Gasteiger charge is 2.17. The Labute approximate surface area is 207 Å². The van der Waals surface area contributed by atoms with Crippen molar-refractivity contribution < 1.29 is 18.5 Å². The smallest absolute Gasteiger partial charge is 0.349 e. The van der Waals surface area contributed by atoms with Crippen molar-refractivity contribution in [1.29, 1.82) is 0 Å². The van der Waals surface area contributed by atoms with Gasteiger partial charge in [-0.05, 0) is 48.0 Å². The number of para-hydroxylation sites is 1. The number of nitrogens with zero attached hydrogens (tertiary/aromatic N) is 1. The number of nitrogens with one attached hydrogen (secondary N) is 4. The van der Waals surface area contributed by atoms with Gasteiger partial charge in [-0.1, -0.05) is 41.0 Å². The van der Waals surface area contributed by atoms with Gasteiger partial charge in [-0.25, -0.2) is 9.18 Å². The molecule has 36 heavy (non-hydrogen) atoms. The number of halogens is 2. The number of anilines is 2. The second kappa shape index (κ2) is 9.51. The van der Waals surface area contributed by atoms with Gasteiger partial charge in [-0.2, -0.15) is 0 Å². The van der Waals surface area contributed by atoms with Crippen LogP contribution in [-0.2, 0) is 11.2 Å². The molecule has 3 aromatic carbocycles. The van der Waals surface area contributed by atoms with E-state index in [-0.39, 0.29) is 29.7 Å². The number of benzene rings is 3. The second-order valence-electron chi connectivity index (χ2n) is 7.89. The van der Waals surface area contributed by atoms with Crippen molar-refractivity contribution in [2.75, 3.05) is 10.6 Å². The first-order valence-corrected chi connectivity index (χ1v) is 11.1. The molecule has 0 aliphatic carbocycles. The summed E-state index contributed by atoms with van der Waals surface area (Å²) in [6.07, 6.45) is 0.0637. The van der Waals surface area contributed by atoms with Gasteiger partial charge in [0.05, 0.1) is 23.3 Å². The summed E-state index contributed by atoms with van der Waals surface area (Å²) in [7, 11) is 0. The Hall–Kier alpha value is -4.70. The zero-order valence-corrected chi connectivity index (χ0v) is 19.2. The molecule has 180 valence electrons. The molecule has 9 nitrogen and oxygen atoms in total. The first kappa shape index (κ1) is 23.1. The summed E-state index contributed by atoms with van der Waals surface area (Å²) >= 11 is 6.08. The van der Waals surface area contributed by atoms with Gasteiger partial charge in [-0.15, -0.1) is 0 Å². The minimum absolute atomic E-state index is 0.0637. The second-order valence-corrected chi connectivity index (χ2v) is 8.33. The van der Waals surface area contributed by atoms with Crippen molar-refractivity contribution in [1.82, 2.24) is 15.1 Å². The highest BCUT2D eigenvalue weighted by atomic mass is 35.5. The Balaban J connectivity index is 1.38. The maximum atomic E-state index is 13.1. The van der Waals surface area contributed by atoms with Crippen LogP contribution in [0.2, 0.25) is 5.02 Å². The molecule has 5 aromatic rings. The predicted octanol–water partition coefficient (Wildman–Crippen LogP) is 4.74. The Morgan fingerprint density at radius 3 is 2.53 bits per heavy atom. The van der Waals surface area contributed by atoms with Crippen LogP contribution in [0.4, 0.5) is 15.8 Å². The molecule has 4 N–H and O–H groups in total. The average Bonchev–Trinajstić information content (AvgIpc) is 3.49. The van der Waals surface area contributed by atoms with E-state index in [1.54, 1.807) is 48.5 Å². The molecule has 2 heterocycles. The Kier molecular flexibility index (Phi) is 6.09. The molecule has 11 heteroatoms. The lowest BCUT2D eigenvalue weighted by molar-refractivity contribution is -0.115. The van der Waals surface area contributed by atoms with Crippen molar-refractivity contribution in [3.63, 3.8) is 0 Å². The van der Waals surface area contributed by atoms with E-state index in [0.29, 0.717) is 38.4 Å². The largest absolute Gasteiger partial charge is 0.439 e. The van der Waals surface area contributed by atoms with E-state index in [9.17, 15) is 18.8 Å². The molecule has 0 aliphatic heterocycles. The first-order valence-electron chi connectivity index (χ1n) is 10.7. The summed E-state index contributed by atoms with van der Waals surface area (Å²) in [6, 6.07) is 17.3. The Morgan fingerprint density at radius 1 is 0.972 bits per heavy atom. The maximum Gasteiger partial charge on any atom is 0.439 e. The van der Waals surface area contributed by atoms with Gasteiger partial charge >= 0.3 is 5.76 Å². The van der Waals surface area contributed by atoms with Gasteiger partial charge in [-0.3, -0.25) is 19.1 Å². The van der Waals surface area contributed by atoms with Crippen LogP contribution in [0.3, 0.4) is 0 Å². The molecule has 0 spiro atoms. The quantitative estimate of drug-likeness (QED) is 0.264. The summed E-state index contributed by atoms with van der Waals surface area (Å²) in [5.41, 5.74) is 2.67. The van der Waals surface area contributed by atoms with Gasteiger partial charge in [0.15, 0.2) is 5.82 Å². The minimum Gasteiger partial charge on any atom is -0.349 e. The molecule has 0 saturated heterocycles. The number of rotatable bonds is 6. The predicted molar refractivity (Wildman–Crippen MR) is 133 cm³/mol. The number of hydrogen-bond donors (Lipinski definition) is 4. The number of fused-ring (bicyclic) bond motifs is 1. The molecule has 2 aromatic heterocycles. The summed E-state index contributed by atoms with van der Waals surface area (Å²) in [5, 5.41) is 10.3. The zero-order chi connectivity index (χ0) is 25.2. The van der Waals surface area contributed by atoms with Crippen LogP contribution in [0.25, 0.3) is 22.3 Å². The summed E-state index contributed by atoms with van der Waals surface area (Å²) in [4.78, 5) is 42.4. The third-order valence-corrected chi connectivity index (χ3v) is 5.61. The fraction of sp³-hybridized carbons (Fsp3) is 0.0400. The molecule has 2 amide bonds. The number of amides is 2. The normalized spacial score (nSPS) is 10.9. The number of carbonyl (C=O) groups excluding carboxylic acids is 2. The molecular formula is C25H17ClFN5O4. The zero-order valence-electron chi connectivity index (χ0n) is 18.4. The van der Waals surface area contributed by atoms with E-state index in [1.807, 2.05) is 0 Å². The fourth-order valence-corrected chi connectivity index (χ4v) is 3.89. The highest BCUT2D eigenvalue weighted by Crippen LogP contribution is 2.29. The molecule has 0 radical (unpaired) electrons. The number of aromatic amines is 2. The van der Waals surface area contributed by atoms with Crippen molar-refractivity contribution in [2.45, 2.75) is 6.42 Å². The van der Waals surface area contributed by atoms with Crippen LogP contribution >= 0.6 is 11.6 Å². The minimum atomic E-state index is -0.744. The molecule has 0 aliphatic rings.